The predicted octanol–water partition coefficient (Wildman–Crippen LogP) is 4.23. The van der Waals surface area contributed by atoms with Crippen molar-refractivity contribution >= 4 is 23.2 Å². The lowest BCUT2D eigenvalue weighted by Gasteiger charge is -2.31. The zero-order valence-corrected chi connectivity index (χ0v) is 17.6. The quantitative estimate of drug-likeness (QED) is 0.660. The van der Waals surface area contributed by atoms with Gasteiger partial charge in [-0.2, -0.15) is 0 Å². The van der Waals surface area contributed by atoms with E-state index in [0.29, 0.717) is 42.6 Å². The van der Waals surface area contributed by atoms with Crippen LogP contribution in [0.1, 0.15) is 19.8 Å². The molecular formula is C22H27ClN2O4. The van der Waals surface area contributed by atoms with Gasteiger partial charge in [0.15, 0.2) is 11.5 Å². The van der Waals surface area contributed by atoms with Gasteiger partial charge in [-0.25, -0.2) is 0 Å². The van der Waals surface area contributed by atoms with Crippen molar-refractivity contribution < 1.29 is 19.0 Å². The number of halogens is 1. The Morgan fingerprint density at radius 2 is 2.03 bits per heavy atom. The summed E-state index contributed by atoms with van der Waals surface area (Å²) in [4.78, 5) is 14.7. The Bertz CT molecular complexity index is 830. The SMILES string of the molecule is CCCN(CCC(=O)Nc1cc(Cl)ccc1OC)CC1COc2ccccc2O1. The fraction of sp³-hybridized carbons (Fsp3) is 0.409. The minimum absolute atomic E-state index is 0.0625. The van der Waals surface area contributed by atoms with Gasteiger partial charge < -0.3 is 19.5 Å². The molecule has 1 N–H and O–H groups in total. The molecule has 1 heterocycles. The summed E-state index contributed by atoms with van der Waals surface area (Å²) in [5.41, 5.74) is 0.577. The first-order valence-corrected chi connectivity index (χ1v) is 10.2. The van der Waals surface area contributed by atoms with E-state index in [4.69, 9.17) is 25.8 Å². The number of rotatable bonds is 9. The smallest absolute Gasteiger partial charge is 0.225 e. The van der Waals surface area contributed by atoms with E-state index in [1.165, 1.54) is 0 Å². The summed E-state index contributed by atoms with van der Waals surface area (Å²) in [5.74, 6) is 2.05. The number of carbonyl (C=O) groups is 1. The average molecular weight is 419 g/mol. The number of hydrogen-bond acceptors (Lipinski definition) is 5. The topological polar surface area (TPSA) is 60.0 Å². The van der Waals surface area contributed by atoms with E-state index in [0.717, 1.165) is 24.5 Å². The minimum atomic E-state index is -0.0853. The summed E-state index contributed by atoms with van der Waals surface area (Å²) in [6.45, 7) is 4.84. The monoisotopic (exact) mass is 418 g/mol. The average Bonchev–Trinajstić information content (AvgIpc) is 2.72. The van der Waals surface area contributed by atoms with Crippen LogP contribution in [0.2, 0.25) is 5.02 Å². The van der Waals surface area contributed by atoms with Crippen LogP contribution in [-0.2, 0) is 4.79 Å². The molecular weight excluding hydrogens is 392 g/mol. The molecule has 1 aliphatic rings. The molecule has 29 heavy (non-hydrogen) atoms. The molecule has 156 valence electrons. The van der Waals surface area contributed by atoms with Crippen LogP contribution in [0.4, 0.5) is 5.69 Å². The van der Waals surface area contributed by atoms with Crippen LogP contribution in [0.3, 0.4) is 0 Å². The standard InChI is InChI=1S/C22H27ClN2O4/c1-3-11-25(14-17-15-28-20-6-4-5-7-21(20)29-17)12-10-22(26)24-18-13-16(23)8-9-19(18)27-2/h4-9,13,17H,3,10-12,14-15H2,1-2H3,(H,24,26). The van der Waals surface area contributed by atoms with Gasteiger partial charge in [0.1, 0.15) is 18.5 Å². The molecule has 7 heteroatoms. The summed E-state index contributed by atoms with van der Waals surface area (Å²) in [6.07, 6.45) is 1.29. The van der Waals surface area contributed by atoms with Crippen LogP contribution in [0.25, 0.3) is 0 Å². The zero-order chi connectivity index (χ0) is 20.6. The van der Waals surface area contributed by atoms with Gasteiger partial charge in [0.2, 0.25) is 5.91 Å². The van der Waals surface area contributed by atoms with E-state index in [2.05, 4.69) is 17.1 Å². The van der Waals surface area contributed by atoms with Crippen molar-refractivity contribution in [2.24, 2.45) is 0 Å². The number of benzene rings is 2. The number of ether oxygens (including phenoxy) is 3. The Labute approximate surface area is 176 Å². The fourth-order valence-corrected chi connectivity index (χ4v) is 3.47. The lowest BCUT2D eigenvalue weighted by Crippen LogP contribution is -2.42. The van der Waals surface area contributed by atoms with Crippen LogP contribution in [0.15, 0.2) is 42.5 Å². The van der Waals surface area contributed by atoms with Crippen molar-refractivity contribution in [3.05, 3.63) is 47.5 Å². The highest BCUT2D eigenvalue weighted by Crippen LogP contribution is 2.31. The number of nitrogens with zero attached hydrogens (tertiary/aromatic N) is 1. The molecule has 3 rings (SSSR count). The van der Waals surface area contributed by atoms with E-state index in [1.54, 1.807) is 25.3 Å². The van der Waals surface area contributed by atoms with Crippen molar-refractivity contribution in [3.8, 4) is 17.2 Å². The number of para-hydroxylation sites is 2. The summed E-state index contributed by atoms with van der Waals surface area (Å²) >= 11 is 6.03. The van der Waals surface area contributed by atoms with E-state index < -0.39 is 0 Å². The fourth-order valence-electron chi connectivity index (χ4n) is 3.30. The molecule has 1 aliphatic heterocycles. The molecule has 0 aliphatic carbocycles. The number of carbonyl (C=O) groups excluding carboxylic acids is 1. The summed E-state index contributed by atoms with van der Waals surface area (Å²) < 4.78 is 17.1. The van der Waals surface area contributed by atoms with E-state index in [9.17, 15) is 4.79 Å². The Morgan fingerprint density at radius 1 is 1.24 bits per heavy atom. The summed E-state index contributed by atoms with van der Waals surface area (Å²) in [7, 11) is 1.56. The predicted molar refractivity (Wildman–Crippen MR) is 114 cm³/mol. The largest absolute Gasteiger partial charge is 0.495 e. The second kappa shape index (κ2) is 10.4. The minimum Gasteiger partial charge on any atom is -0.495 e. The lowest BCUT2D eigenvalue weighted by atomic mass is 10.2. The lowest BCUT2D eigenvalue weighted by molar-refractivity contribution is -0.116. The van der Waals surface area contributed by atoms with E-state index in [-0.39, 0.29) is 12.0 Å². The first-order chi connectivity index (χ1) is 14.1. The third-order valence-electron chi connectivity index (χ3n) is 4.66. The van der Waals surface area contributed by atoms with Crippen molar-refractivity contribution in [3.63, 3.8) is 0 Å². The normalized spacial score (nSPS) is 15.2. The van der Waals surface area contributed by atoms with Gasteiger partial charge in [0.05, 0.1) is 12.8 Å². The molecule has 2 aromatic rings. The van der Waals surface area contributed by atoms with Crippen LogP contribution in [0, 0.1) is 0 Å². The molecule has 6 nitrogen and oxygen atoms in total. The van der Waals surface area contributed by atoms with Crippen molar-refractivity contribution in [2.45, 2.75) is 25.9 Å². The third kappa shape index (κ3) is 6.02. The molecule has 0 fully saturated rings. The maximum absolute atomic E-state index is 12.5. The van der Waals surface area contributed by atoms with Gasteiger partial charge in [0, 0.05) is 24.5 Å². The maximum atomic E-state index is 12.5. The first-order valence-electron chi connectivity index (χ1n) is 9.83. The van der Waals surface area contributed by atoms with Gasteiger partial charge >= 0.3 is 0 Å². The molecule has 0 saturated carbocycles. The van der Waals surface area contributed by atoms with Crippen molar-refractivity contribution in [1.82, 2.24) is 4.90 Å². The Balaban J connectivity index is 1.53. The number of amides is 1. The van der Waals surface area contributed by atoms with E-state index in [1.807, 2.05) is 24.3 Å². The Kier molecular flexibility index (Phi) is 7.61. The van der Waals surface area contributed by atoms with Gasteiger partial charge in [-0.15, -0.1) is 0 Å². The zero-order valence-electron chi connectivity index (χ0n) is 16.8. The third-order valence-corrected chi connectivity index (χ3v) is 4.89. The molecule has 1 amide bonds. The number of nitrogens with one attached hydrogen (secondary N) is 1. The number of hydrogen-bond donors (Lipinski definition) is 1. The number of methoxy groups -OCH3 is 1. The molecule has 0 radical (unpaired) electrons. The highest BCUT2D eigenvalue weighted by Gasteiger charge is 2.23. The molecule has 0 bridgehead atoms. The van der Waals surface area contributed by atoms with Crippen LogP contribution < -0.4 is 19.5 Å². The Morgan fingerprint density at radius 3 is 2.79 bits per heavy atom. The summed E-state index contributed by atoms with van der Waals surface area (Å²) in [6, 6.07) is 12.8. The highest BCUT2D eigenvalue weighted by atomic mass is 35.5. The van der Waals surface area contributed by atoms with Crippen LogP contribution in [-0.4, -0.2) is 50.3 Å². The van der Waals surface area contributed by atoms with Crippen molar-refractivity contribution in [1.29, 1.82) is 0 Å². The van der Waals surface area contributed by atoms with Crippen LogP contribution >= 0.6 is 11.6 Å². The Hall–Kier alpha value is -2.44. The molecule has 0 aromatic heterocycles. The van der Waals surface area contributed by atoms with Gasteiger partial charge in [-0.1, -0.05) is 30.7 Å². The van der Waals surface area contributed by atoms with E-state index >= 15 is 0 Å². The number of fused-ring (bicyclic) bond motifs is 1. The molecule has 2 aromatic carbocycles. The highest BCUT2D eigenvalue weighted by molar-refractivity contribution is 6.31. The molecule has 0 spiro atoms. The van der Waals surface area contributed by atoms with Gasteiger partial charge in [0.25, 0.3) is 0 Å². The molecule has 0 saturated heterocycles. The molecule has 1 atom stereocenters. The first kappa shape index (κ1) is 21.3. The van der Waals surface area contributed by atoms with Gasteiger partial charge in [-0.3, -0.25) is 9.69 Å². The second-order valence-electron chi connectivity index (χ2n) is 6.94. The summed E-state index contributed by atoms with van der Waals surface area (Å²) in [5, 5.41) is 3.43. The number of anilines is 1. The van der Waals surface area contributed by atoms with Crippen LogP contribution in [0.5, 0.6) is 17.2 Å². The van der Waals surface area contributed by atoms with Gasteiger partial charge in [-0.05, 0) is 43.3 Å². The second-order valence-corrected chi connectivity index (χ2v) is 7.38. The maximum Gasteiger partial charge on any atom is 0.225 e. The molecule has 1 unspecified atom stereocenters. The van der Waals surface area contributed by atoms with Crippen molar-refractivity contribution in [2.75, 3.05) is 38.7 Å².